The number of aromatic nitrogens is 3. The van der Waals surface area contributed by atoms with Gasteiger partial charge in [-0.2, -0.15) is 0 Å². The summed E-state index contributed by atoms with van der Waals surface area (Å²) < 4.78 is 2.35. The summed E-state index contributed by atoms with van der Waals surface area (Å²) in [4.78, 5) is 8.41. The maximum Gasteiger partial charge on any atom is 0.0541 e. The van der Waals surface area contributed by atoms with E-state index < -0.39 is 0 Å². The molecule has 0 amide bonds. The predicted octanol–water partition coefficient (Wildman–Crippen LogP) is 6.75. The molecule has 0 aliphatic heterocycles. The molecule has 6 rings (SSSR count). The highest BCUT2D eigenvalue weighted by molar-refractivity contribution is 6.09. The van der Waals surface area contributed by atoms with Crippen LogP contribution in [0.25, 0.3) is 27.5 Å². The van der Waals surface area contributed by atoms with E-state index in [4.69, 9.17) is 0 Å². The first-order chi connectivity index (χ1) is 15.9. The molecule has 0 aliphatic carbocycles. The van der Waals surface area contributed by atoms with Gasteiger partial charge in [0.15, 0.2) is 0 Å². The van der Waals surface area contributed by atoms with Gasteiger partial charge in [-0.15, -0.1) is 0 Å². The molecule has 3 aromatic carbocycles. The number of rotatable bonds is 4. The standard InChI is InChI=1S/C29H21N3/c1-3-7-27-25(5-1)26-6-2-4-8-28(26)32(27)24-11-9-21(10-12-24)29(22-13-17-30-18-14-22)23-15-19-31-20-16-23/h1-20,29H. The van der Waals surface area contributed by atoms with Crippen molar-refractivity contribution >= 4 is 21.8 Å². The Bertz CT molecular complexity index is 1410. The van der Waals surface area contributed by atoms with Crippen LogP contribution in [-0.4, -0.2) is 14.5 Å². The molecular weight excluding hydrogens is 390 g/mol. The molecule has 3 nitrogen and oxygen atoms in total. The number of benzene rings is 3. The minimum absolute atomic E-state index is 0.133. The summed E-state index contributed by atoms with van der Waals surface area (Å²) in [5.74, 6) is 0.133. The van der Waals surface area contributed by atoms with Crippen molar-refractivity contribution < 1.29 is 0 Å². The van der Waals surface area contributed by atoms with Gasteiger partial charge >= 0.3 is 0 Å². The minimum atomic E-state index is 0.133. The number of nitrogens with zero attached hydrogens (tertiary/aromatic N) is 3. The lowest BCUT2D eigenvalue weighted by atomic mass is 9.86. The van der Waals surface area contributed by atoms with Crippen molar-refractivity contribution in [1.29, 1.82) is 0 Å². The summed E-state index contributed by atoms with van der Waals surface area (Å²) in [6.45, 7) is 0. The lowest BCUT2D eigenvalue weighted by molar-refractivity contribution is 0.962. The van der Waals surface area contributed by atoms with Gasteiger partial charge in [0.05, 0.1) is 11.0 Å². The molecule has 0 unspecified atom stereocenters. The van der Waals surface area contributed by atoms with Gasteiger partial charge in [-0.3, -0.25) is 9.97 Å². The van der Waals surface area contributed by atoms with Gasteiger partial charge in [-0.1, -0.05) is 48.5 Å². The highest BCUT2D eigenvalue weighted by Gasteiger charge is 2.17. The van der Waals surface area contributed by atoms with E-state index in [1.807, 2.05) is 24.8 Å². The van der Waals surface area contributed by atoms with E-state index in [9.17, 15) is 0 Å². The number of hydrogen-bond acceptors (Lipinski definition) is 2. The van der Waals surface area contributed by atoms with Crippen LogP contribution in [0.2, 0.25) is 0 Å². The number of para-hydroxylation sites is 2. The summed E-state index contributed by atoms with van der Waals surface area (Å²) >= 11 is 0. The third-order valence-electron chi connectivity index (χ3n) is 6.14. The first kappa shape index (κ1) is 18.5. The van der Waals surface area contributed by atoms with E-state index in [0.29, 0.717) is 0 Å². The smallest absolute Gasteiger partial charge is 0.0541 e. The van der Waals surface area contributed by atoms with Crippen molar-refractivity contribution in [3.05, 3.63) is 139 Å². The average Bonchev–Trinajstić information content (AvgIpc) is 3.21. The Balaban J connectivity index is 1.50. The van der Waals surface area contributed by atoms with E-state index in [2.05, 4.69) is 112 Å². The molecule has 0 radical (unpaired) electrons. The molecule has 0 N–H and O–H groups in total. The van der Waals surface area contributed by atoms with Crippen LogP contribution in [0.1, 0.15) is 22.6 Å². The zero-order chi connectivity index (χ0) is 21.3. The summed E-state index contributed by atoms with van der Waals surface area (Å²) in [5.41, 5.74) is 7.29. The van der Waals surface area contributed by atoms with E-state index in [1.165, 1.54) is 38.5 Å². The van der Waals surface area contributed by atoms with Crippen LogP contribution in [0, 0.1) is 0 Å². The first-order valence-electron chi connectivity index (χ1n) is 10.8. The van der Waals surface area contributed by atoms with Gasteiger partial charge in [-0.25, -0.2) is 0 Å². The lowest BCUT2D eigenvalue weighted by Gasteiger charge is -2.19. The monoisotopic (exact) mass is 411 g/mol. The van der Waals surface area contributed by atoms with Crippen LogP contribution < -0.4 is 0 Å². The summed E-state index contributed by atoms with van der Waals surface area (Å²) in [6, 6.07) is 34.5. The maximum absolute atomic E-state index is 4.21. The quantitative estimate of drug-likeness (QED) is 0.321. The largest absolute Gasteiger partial charge is 0.309 e. The van der Waals surface area contributed by atoms with Gasteiger partial charge in [0, 0.05) is 47.2 Å². The van der Waals surface area contributed by atoms with Crippen molar-refractivity contribution in [3.63, 3.8) is 0 Å². The Morgan fingerprint density at radius 1 is 0.469 bits per heavy atom. The molecule has 3 heterocycles. The van der Waals surface area contributed by atoms with E-state index in [-0.39, 0.29) is 5.92 Å². The highest BCUT2D eigenvalue weighted by atomic mass is 15.0. The summed E-state index contributed by atoms with van der Waals surface area (Å²) in [6.07, 6.45) is 7.43. The van der Waals surface area contributed by atoms with Crippen LogP contribution >= 0.6 is 0 Å². The van der Waals surface area contributed by atoms with Gasteiger partial charge in [-0.05, 0) is 65.2 Å². The Labute approximate surface area is 186 Å². The van der Waals surface area contributed by atoms with Crippen molar-refractivity contribution in [2.75, 3.05) is 0 Å². The molecular formula is C29H21N3. The van der Waals surface area contributed by atoms with Crippen LogP contribution in [0.5, 0.6) is 0 Å². The second-order valence-electron chi connectivity index (χ2n) is 7.96. The zero-order valence-corrected chi connectivity index (χ0v) is 17.5. The van der Waals surface area contributed by atoms with Crippen LogP contribution in [0.3, 0.4) is 0 Å². The third kappa shape index (κ3) is 3.07. The third-order valence-corrected chi connectivity index (χ3v) is 6.14. The second kappa shape index (κ2) is 7.78. The fraction of sp³-hybridized carbons (Fsp3) is 0.0345. The number of fused-ring (bicyclic) bond motifs is 3. The van der Waals surface area contributed by atoms with Crippen molar-refractivity contribution in [2.45, 2.75) is 5.92 Å². The van der Waals surface area contributed by atoms with Crippen LogP contribution in [-0.2, 0) is 0 Å². The molecule has 152 valence electrons. The Morgan fingerprint density at radius 3 is 1.41 bits per heavy atom. The fourth-order valence-electron chi connectivity index (χ4n) is 4.71. The average molecular weight is 412 g/mol. The zero-order valence-electron chi connectivity index (χ0n) is 17.5. The van der Waals surface area contributed by atoms with Gasteiger partial charge < -0.3 is 4.57 Å². The first-order valence-corrected chi connectivity index (χ1v) is 10.8. The van der Waals surface area contributed by atoms with Crippen molar-refractivity contribution in [2.24, 2.45) is 0 Å². The lowest BCUT2D eigenvalue weighted by Crippen LogP contribution is -2.04. The molecule has 0 saturated heterocycles. The Kier molecular flexibility index (Phi) is 4.51. The molecule has 0 bridgehead atoms. The van der Waals surface area contributed by atoms with Crippen LogP contribution in [0.15, 0.2) is 122 Å². The fourth-order valence-corrected chi connectivity index (χ4v) is 4.71. The van der Waals surface area contributed by atoms with Gasteiger partial charge in [0.1, 0.15) is 0 Å². The summed E-state index contributed by atoms with van der Waals surface area (Å²) in [5, 5.41) is 2.55. The molecule has 3 heteroatoms. The predicted molar refractivity (Wildman–Crippen MR) is 130 cm³/mol. The molecule has 0 atom stereocenters. The normalized spacial score (nSPS) is 11.4. The highest BCUT2D eigenvalue weighted by Crippen LogP contribution is 2.34. The topological polar surface area (TPSA) is 30.7 Å². The molecule has 0 aliphatic rings. The number of hydrogen-bond donors (Lipinski definition) is 0. The SMILES string of the molecule is c1ccc2c(c1)c1ccccc1n2-c1ccc(C(c2ccncc2)c2ccncc2)cc1. The van der Waals surface area contributed by atoms with Crippen molar-refractivity contribution in [3.8, 4) is 5.69 Å². The number of pyridine rings is 2. The van der Waals surface area contributed by atoms with E-state index in [0.717, 1.165) is 5.69 Å². The van der Waals surface area contributed by atoms with Crippen LogP contribution in [0.4, 0.5) is 0 Å². The van der Waals surface area contributed by atoms with E-state index in [1.54, 1.807) is 0 Å². The molecule has 0 fully saturated rings. The Hall–Kier alpha value is -4.24. The van der Waals surface area contributed by atoms with Crippen molar-refractivity contribution in [1.82, 2.24) is 14.5 Å². The van der Waals surface area contributed by atoms with Gasteiger partial charge in [0.2, 0.25) is 0 Å². The molecule has 32 heavy (non-hydrogen) atoms. The van der Waals surface area contributed by atoms with Gasteiger partial charge in [0.25, 0.3) is 0 Å². The summed E-state index contributed by atoms with van der Waals surface area (Å²) in [7, 11) is 0. The molecule has 3 aromatic heterocycles. The van der Waals surface area contributed by atoms with E-state index >= 15 is 0 Å². The molecule has 0 saturated carbocycles. The second-order valence-corrected chi connectivity index (χ2v) is 7.96. The molecule has 6 aromatic rings. The maximum atomic E-state index is 4.21. The molecule has 0 spiro atoms. The minimum Gasteiger partial charge on any atom is -0.309 e. The Morgan fingerprint density at radius 2 is 0.906 bits per heavy atom.